The van der Waals surface area contributed by atoms with Crippen LogP contribution in [0.2, 0.25) is 0 Å². The molecule has 2 heterocycles. The Kier molecular flexibility index (Phi) is 5.00. The average Bonchev–Trinajstić information content (AvgIpc) is 3.25. The standard InChI is InChI=1S/C18H16N2OS2/c1-2-13-5-7-14(8-6-13)16-12-23-18(19-16)20-17(21)10-9-15-4-3-11-22-15/h3-12H,2H2,1H3,(H,19,20,21). The van der Waals surface area contributed by atoms with Gasteiger partial charge in [0.1, 0.15) is 0 Å². The van der Waals surface area contributed by atoms with Crippen LogP contribution in [0, 0.1) is 0 Å². The van der Waals surface area contributed by atoms with Crippen molar-refractivity contribution >= 4 is 39.8 Å². The van der Waals surface area contributed by atoms with Crippen molar-refractivity contribution in [2.75, 3.05) is 5.32 Å². The molecule has 5 heteroatoms. The number of carbonyl (C=O) groups excluding carboxylic acids is 1. The van der Waals surface area contributed by atoms with E-state index in [0.717, 1.165) is 22.6 Å². The Balaban J connectivity index is 1.65. The first-order chi connectivity index (χ1) is 11.2. The molecule has 0 unspecified atom stereocenters. The number of hydrogen-bond donors (Lipinski definition) is 1. The SMILES string of the molecule is CCc1ccc(-c2csc(NC(=O)C=Cc3cccs3)n2)cc1. The van der Waals surface area contributed by atoms with Crippen LogP contribution in [0.15, 0.2) is 53.2 Å². The number of thiophene rings is 1. The van der Waals surface area contributed by atoms with Gasteiger partial charge in [-0.1, -0.05) is 37.3 Å². The molecule has 1 aromatic carbocycles. The number of nitrogens with one attached hydrogen (secondary N) is 1. The molecule has 0 fully saturated rings. The predicted molar refractivity (Wildman–Crippen MR) is 98.9 cm³/mol. The summed E-state index contributed by atoms with van der Waals surface area (Å²) in [5, 5.41) is 7.35. The molecule has 3 nitrogen and oxygen atoms in total. The highest BCUT2D eigenvalue weighted by Gasteiger charge is 2.06. The molecule has 0 saturated heterocycles. The fourth-order valence-corrected chi connectivity index (χ4v) is 3.41. The van der Waals surface area contributed by atoms with E-state index in [9.17, 15) is 4.79 Å². The third-order valence-electron chi connectivity index (χ3n) is 3.33. The summed E-state index contributed by atoms with van der Waals surface area (Å²) in [6.45, 7) is 2.13. The summed E-state index contributed by atoms with van der Waals surface area (Å²) in [6, 6.07) is 12.3. The van der Waals surface area contributed by atoms with Crippen LogP contribution in [-0.2, 0) is 11.2 Å². The van der Waals surface area contributed by atoms with Gasteiger partial charge in [0.2, 0.25) is 5.91 Å². The lowest BCUT2D eigenvalue weighted by atomic mass is 10.1. The van der Waals surface area contributed by atoms with Gasteiger partial charge in [0.25, 0.3) is 0 Å². The summed E-state index contributed by atoms with van der Waals surface area (Å²) in [7, 11) is 0. The summed E-state index contributed by atoms with van der Waals surface area (Å²) >= 11 is 3.03. The van der Waals surface area contributed by atoms with Crippen molar-refractivity contribution < 1.29 is 4.79 Å². The fourth-order valence-electron chi connectivity index (χ4n) is 2.07. The lowest BCUT2D eigenvalue weighted by Gasteiger charge is -1.99. The Labute approximate surface area is 143 Å². The van der Waals surface area contributed by atoms with Crippen LogP contribution in [0.4, 0.5) is 5.13 Å². The first kappa shape index (κ1) is 15.6. The summed E-state index contributed by atoms with van der Waals surface area (Å²) < 4.78 is 0. The monoisotopic (exact) mass is 340 g/mol. The number of anilines is 1. The first-order valence-electron chi connectivity index (χ1n) is 7.32. The summed E-state index contributed by atoms with van der Waals surface area (Å²) in [5.74, 6) is -0.166. The highest BCUT2D eigenvalue weighted by Crippen LogP contribution is 2.25. The minimum absolute atomic E-state index is 0.166. The van der Waals surface area contributed by atoms with Crippen molar-refractivity contribution in [2.45, 2.75) is 13.3 Å². The zero-order valence-corrected chi connectivity index (χ0v) is 14.3. The Morgan fingerprint density at radius 2 is 2.04 bits per heavy atom. The zero-order valence-electron chi connectivity index (χ0n) is 12.7. The van der Waals surface area contributed by atoms with Gasteiger partial charge in [-0.05, 0) is 29.5 Å². The van der Waals surface area contributed by atoms with E-state index >= 15 is 0 Å². The van der Waals surface area contributed by atoms with E-state index in [1.807, 2.05) is 22.9 Å². The van der Waals surface area contributed by atoms with Gasteiger partial charge in [0.15, 0.2) is 5.13 Å². The number of nitrogens with zero attached hydrogens (tertiary/aromatic N) is 1. The third kappa shape index (κ3) is 4.15. The highest BCUT2D eigenvalue weighted by atomic mass is 32.1. The maximum absolute atomic E-state index is 11.9. The summed E-state index contributed by atoms with van der Waals surface area (Å²) in [5.41, 5.74) is 3.25. The molecule has 0 aliphatic rings. The Morgan fingerprint density at radius 3 is 2.74 bits per heavy atom. The lowest BCUT2D eigenvalue weighted by molar-refractivity contribution is -0.111. The minimum Gasteiger partial charge on any atom is -0.298 e. The normalized spacial score (nSPS) is 11.0. The van der Waals surface area contributed by atoms with E-state index in [1.54, 1.807) is 17.4 Å². The Bertz CT molecular complexity index is 802. The second-order valence-electron chi connectivity index (χ2n) is 4.93. The largest absolute Gasteiger partial charge is 0.298 e. The van der Waals surface area contributed by atoms with E-state index in [-0.39, 0.29) is 5.91 Å². The smallest absolute Gasteiger partial charge is 0.250 e. The van der Waals surface area contributed by atoms with Gasteiger partial charge >= 0.3 is 0 Å². The molecule has 0 saturated carbocycles. The lowest BCUT2D eigenvalue weighted by Crippen LogP contribution is -2.07. The van der Waals surface area contributed by atoms with Gasteiger partial charge in [-0.3, -0.25) is 10.1 Å². The van der Waals surface area contributed by atoms with Gasteiger partial charge in [-0.15, -0.1) is 22.7 Å². The maximum Gasteiger partial charge on any atom is 0.250 e. The van der Waals surface area contributed by atoms with Gasteiger partial charge in [0.05, 0.1) is 5.69 Å². The van der Waals surface area contributed by atoms with E-state index in [2.05, 4.69) is 41.5 Å². The fraction of sp³-hybridized carbons (Fsp3) is 0.111. The number of aryl methyl sites for hydroxylation is 1. The van der Waals surface area contributed by atoms with E-state index in [1.165, 1.54) is 23.0 Å². The van der Waals surface area contributed by atoms with Crippen molar-refractivity contribution in [3.05, 3.63) is 63.7 Å². The Morgan fingerprint density at radius 1 is 1.22 bits per heavy atom. The molecule has 0 bridgehead atoms. The number of thiazole rings is 1. The van der Waals surface area contributed by atoms with Gasteiger partial charge in [-0.25, -0.2) is 4.98 Å². The highest BCUT2D eigenvalue weighted by molar-refractivity contribution is 7.14. The molecule has 2 aromatic heterocycles. The second-order valence-corrected chi connectivity index (χ2v) is 6.76. The third-order valence-corrected chi connectivity index (χ3v) is 4.93. The quantitative estimate of drug-likeness (QED) is 0.658. The average molecular weight is 340 g/mol. The van der Waals surface area contributed by atoms with Crippen LogP contribution in [0.25, 0.3) is 17.3 Å². The number of carbonyl (C=O) groups is 1. The van der Waals surface area contributed by atoms with Crippen LogP contribution < -0.4 is 5.32 Å². The molecule has 3 rings (SSSR count). The number of amides is 1. The number of aromatic nitrogens is 1. The molecule has 1 N–H and O–H groups in total. The molecule has 116 valence electrons. The van der Waals surface area contributed by atoms with Crippen LogP contribution in [0.1, 0.15) is 17.4 Å². The van der Waals surface area contributed by atoms with Crippen LogP contribution in [0.3, 0.4) is 0 Å². The van der Waals surface area contributed by atoms with Gasteiger partial charge < -0.3 is 0 Å². The summed E-state index contributed by atoms with van der Waals surface area (Å²) in [4.78, 5) is 17.4. The molecule has 0 aliphatic carbocycles. The number of hydrogen-bond acceptors (Lipinski definition) is 4. The molecule has 23 heavy (non-hydrogen) atoms. The van der Waals surface area contributed by atoms with Crippen LogP contribution in [-0.4, -0.2) is 10.9 Å². The summed E-state index contributed by atoms with van der Waals surface area (Å²) in [6.07, 6.45) is 4.36. The Hall–Kier alpha value is -2.24. The topological polar surface area (TPSA) is 42.0 Å². The zero-order chi connectivity index (χ0) is 16.1. The second kappa shape index (κ2) is 7.35. The maximum atomic E-state index is 11.9. The van der Waals surface area contributed by atoms with Crippen molar-refractivity contribution in [3.8, 4) is 11.3 Å². The van der Waals surface area contributed by atoms with Crippen molar-refractivity contribution in [3.63, 3.8) is 0 Å². The van der Waals surface area contributed by atoms with E-state index < -0.39 is 0 Å². The van der Waals surface area contributed by atoms with Crippen molar-refractivity contribution in [1.29, 1.82) is 0 Å². The molecular weight excluding hydrogens is 324 g/mol. The predicted octanol–water partition coefficient (Wildman–Crippen LogP) is 5.09. The molecule has 0 aliphatic heterocycles. The van der Waals surface area contributed by atoms with E-state index in [4.69, 9.17) is 0 Å². The van der Waals surface area contributed by atoms with Gasteiger partial charge in [0, 0.05) is 21.9 Å². The number of rotatable bonds is 5. The molecule has 3 aromatic rings. The number of benzene rings is 1. The molecule has 0 spiro atoms. The molecule has 1 amide bonds. The van der Waals surface area contributed by atoms with Crippen molar-refractivity contribution in [2.24, 2.45) is 0 Å². The molecule has 0 atom stereocenters. The molecular formula is C18H16N2OS2. The van der Waals surface area contributed by atoms with E-state index in [0.29, 0.717) is 5.13 Å². The first-order valence-corrected chi connectivity index (χ1v) is 9.08. The van der Waals surface area contributed by atoms with Crippen LogP contribution >= 0.6 is 22.7 Å². The van der Waals surface area contributed by atoms with Gasteiger partial charge in [-0.2, -0.15) is 0 Å². The van der Waals surface area contributed by atoms with Crippen LogP contribution in [0.5, 0.6) is 0 Å². The minimum atomic E-state index is -0.166. The van der Waals surface area contributed by atoms with Crippen molar-refractivity contribution in [1.82, 2.24) is 4.98 Å². The molecule has 0 radical (unpaired) electrons.